The summed E-state index contributed by atoms with van der Waals surface area (Å²) in [5.74, 6) is -1.00. The van der Waals surface area contributed by atoms with Crippen LogP contribution in [0.3, 0.4) is 0 Å². The summed E-state index contributed by atoms with van der Waals surface area (Å²) in [6.07, 6.45) is 3.65. The van der Waals surface area contributed by atoms with Crippen molar-refractivity contribution in [3.05, 3.63) is 47.0 Å². The van der Waals surface area contributed by atoms with Crippen molar-refractivity contribution in [1.29, 1.82) is 0 Å². The van der Waals surface area contributed by atoms with E-state index in [1.165, 1.54) is 5.57 Å². The fourth-order valence-electron chi connectivity index (χ4n) is 15.5. The minimum Gasteiger partial charge on any atom is -0.481 e. The van der Waals surface area contributed by atoms with Crippen LogP contribution in [0, 0.1) is 56.2 Å². The van der Waals surface area contributed by atoms with Crippen LogP contribution in [0.25, 0.3) is 0 Å². The van der Waals surface area contributed by atoms with Crippen molar-refractivity contribution in [1.82, 2.24) is 10.6 Å². The lowest BCUT2D eigenvalue weighted by Gasteiger charge is -2.73. The summed E-state index contributed by atoms with van der Waals surface area (Å²) in [5.41, 5.74) is -0.731. The van der Waals surface area contributed by atoms with Crippen molar-refractivity contribution in [2.24, 2.45) is 56.2 Å². The number of rotatable bonds is 13. The Balaban J connectivity index is 1.24. The van der Waals surface area contributed by atoms with Gasteiger partial charge in [0.25, 0.3) is 0 Å². The van der Waals surface area contributed by atoms with Crippen LogP contribution in [0.4, 0.5) is 0 Å². The number of allylic oxidation sites excluding steroid dienone is 2. The maximum Gasteiger partial charge on any atom is 0.310 e. The Morgan fingerprint density at radius 1 is 0.891 bits per heavy atom. The molecule has 13 nitrogen and oxygen atoms in total. The topological polar surface area (TPSA) is 210 Å². The van der Waals surface area contributed by atoms with Gasteiger partial charge in [0.1, 0.15) is 18.3 Å². The maximum atomic E-state index is 13.6. The van der Waals surface area contributed by atoms with Crippen molar-refractivity contribution in [2.75, 3.05) is 40.0 Å². The molecule has 64 heavy (non-hydrogen) atoms. The summed E-state index contributed by atoms with van der Waals surface area (Å²) >= 11 is 0. The molecule has 1 aromatic rings. The second-order valence-electron chi connectivity index (χ2n) is 23.2. The first-order chi connectivity index (χ1) is 30.3. The van der Waals surface area contributed by atoms with E-state index in [0.717, 1.165) is 56.4 Å². The van der Waals surface area contributed by atoms with Crippen LogP contribution in [0.2, 0.25) is 0 Å². The third-order valence-electron chi connectivity index (χ3n) is 19.5. The van der Waals surface area contributed by atoms with Gasteiger partial charge in [-0.25, -0.2) is 0 Å². The molecule has 16 atom stereocenters. The highest BCUT2D eigenvalue weighted by molar-refractivity contribution is 5.76. The lowest BCUT2D eigenvalue weighted by atomic mass is 9.31. The van der Waals surface area contributed by atoms with Gasteiger partial charge in [-0.05, 0) is 154 Å². The van der Waals surface area contributed by atoms with Gasteiger partial charge in [0.15, 0.2) is 6.29 Å². The smallest absolute Gasteiger partial charge is 0.310 e. The van der Waals surface area contributed by atoms with E-state index in [-0.39, 0.29) is 66.3 Å². The quantitative estimate of drug-likeness (QED) is 0.0975. The molecule has 0 spiro atoms. The van der Waals surface area contributed by atoms with Crippen LogP contribution in [0.5, 0.6) is 0 Å². The van der Waals surface area contributed by atoms with E-state index in [2.05, 4.69) is 75.6 Å². The Morgan fingerprint density at radius 3 is 2.23 bits per heavy atom. The number of aliphatic hydroxyl groups is 6. The predicted octanol–water partition coefficient (Wildman–Crippen LogP) is 4.68. The normalized spacial score (nSPS) is 46.5. The first-order valence-corrected chi connectivity index (χ1v) is 24.5. The highest BCUT2D eigenvalue weighted by Crippen LogP contribution is 2.77. The number of piperidine rings is 1. The Labute approximate surface area is 380 Å². The van der Waals surface area contributed by atoms with E-state index < -0.39 is 64.6 Å². The lowest BCUT2D eigenvalue weighted by Crippen LogP contribution is -2.70. The number of benzene rings is 1. The number of fused-ring (bicyclic) bond motifs is 7. The molecule has 2 heterocycles. The zero-order chi connectivity index (χ0) is 46.1. The summed E-state index contributed by atoms with van der Waals surface area (Å²) in [7, 11) is 1.92. The largest absolute Gasteiger partial charge is 0.481 e. The van der Waals surface area contributed by atoms with Gasteiger partial charge in [0.2, 0.25) is 0 Å². The summed E-state index contributed by atoms with van der Waals surface area (Å²) in [6.45, 7) is 13.5. The number of carbonyl (C=O) groups is 1. The van der Waals surface area contributed by atoms with E-state index >= 15 is 0 Å². The van der Waals surface area contributed by atoms with Gasteiger partial charge in [-0.2, -0.15) is 0 Å². The number of nitrogens with one attached hydrogen (secondary N) is 2. The number of carboxylic acids is 1. The molecule has 9 N–H and O–H groups in total. The van der Waals surface area contributed by atoms with Crippen LogP contribution in [-0.4, -0.2) is 124 Å². The summed E-state index contributed by atoms with van der Waals surface area (Å²) in [4.78, 5) is 13.6. The van der Waals surface area contributed by atoms with E-state index in [4.69, 9.17) is 14.2 Å². The average Bonchev–Trinajstić information content (AvgIpc) is 3.27. The molecule has 0 amide bonds. The Hall–Kier alpha value is -2.01. The third-order valence-corrected chi connectivity index (χ3v) is 19.5. The van der Waals surface area contributed by atoms with Crippen LogP contribution in [0.15, 0.2) is 35.9 Å². The molecule has 7 aliphatic rings. The minimum atomic E-state index is -1.52. The first-order valence-electron chi connectivity index (χ1n) is 24.5. The Bertz CT molecular complexity index is 1860. The molecule has 0 aromatic heterocycles. The number of ether oxygens (including phenoxy) is 3. The van der Waals surface area contributed by atoms with E-state index in [9.17, 15) is 40.5 Å². The lowest BCUT2D eigenvalue weighted by molar-refractivity contribution is -0.334. The molecular weight excluding hydrogens is 817 g/mol. The fourth-order valence-corrected chi connectivity index (χ4v) is 15.5. The van der Waals surface area contributed by atoms with Crippen LogP contribution in [0.1, 0.15) is 123 Å². The third kappa shape index (κ3) is 7.96. The molecule has 360 valence electrons. The predicted molar refractivity (Wildman–Crippen MR) is 240 cm³/mol. The molecule has 4 saturated carbocycles. The molecule has 0 bridgehead atoms. The van der Waals surface area contributed by atoms with Gasteiger partial charge in [-0.15, -0.1) is 0 Å². The standard InChI is InChI=1S/C51H80N2O11/c1-45(29-54)15-17-51(44(59)60)18-16-48(4)34(35(51)24-45)23-33(11-14-50(61)19-21-53-22-20-50)41-46(2)25-37(62-27-32-9-7-31(8-10-32)26-52-6)42(64-43-40(58)39(57)36(56)28-63-43)47(3,30-55)38(46)12-13-49(41,48)5/h7-10,23,33,35-43,52-58,61H,11-22,24-30H2,1-6H3,(H,59,60)/t33-,35+,36-,37-,38+,39+,40-,41-,42-,43+,45+,46+,47+,48-,49-,51+/m1/s1. The van der Waals surface area contributed by atoms with Crippen molar-refractivity contribution >= 4 is 5.97 Å². The second kappa shape index (κ2) is 17.8. The summed E-state index contributed by atoms with van der Waals surface area (Å²) in [5, 5.41) is 84.7. The van der Waals surface area contributed by atoms with Gasteiger partial charge in [-0.3, -0.25) is 4.79 Å². The van der Waals surface area contributed by atoms with Crippen molar-refractivity contribution in [2.45, 2.75) is 167 Å². The van der Waals surface area contributed by atoms with Crippen LogP contribution >= 0.6 is 0 Å². The van der Waals surface area contributed by atoms with Gasteiger partial charge in [0.05, 0.1) is 43.0 Å². The molecular formula is C51H80N2O11. The van der Waals surface area contributed by atoms with Crippen LogP contribution < -0.4 is 10.6 Å². The second-order valence-corrected chi connectivity index (χ2v) is 23.2. The summed E-state index contributed by atoms with van der Waals surface area (Å²) in [6, 6.07) is 8.29. The first kappa shape index (κ1) is 48.4. The Kier molecular flexibility index (Phi) is 13.5. The van der Waals surface area contributed by atoms with Crippen LogP contribution in [-0.2, 0) is 32.2 Å². The average molecular weight is 897 g/mol. The zero-order valence-corrected chi connectivity index (χ0v) is 39.4. The van der Waals surface area contributed by atoms with Gasteiger partial charge >= 0.3 is 5.97 Å². The summed E-state index contributed by atoms with van der Waals surface area (Å²) < 4.78 is 19.8. The number of carboxylic acid groups (broad SMARTS) is 1. The minimum absolute atomic E-state index is 0.0141. The number of aliphatic carboxylic acids is 1. The fraction of sp³-hybridized carbons (Fsp3) is 0.824. The molecule has 8 rings (SSSR count). The van der Waals surface area contributed by atoms with Gasteiger partial charge in [-0.1, -0.05) is 70.5 Å². The van der Waals surface area contributed by atoms with Crippen molar-refractivity contribution < 1.29 is 54.8 Å². The van der Waals surface area contributed by atoms with E-state index in [0.29, 0.717) is 51.4 Å². The molecule has 5 aliphatic carbocycles. The monoisotopic (exact) mass is 897 g/mol. The molecule has 1 aromatic carbocycles. The highest BCUT2D eigenvalue weighted by atomic mass is 16.7. The number of aliphatic hydroxyl groups excluding tert-OH is 5. The molecule has 0 unspecified atom stereocenters. The van der Waals surface area contributed by atoms with Gasteiger partial charge in [0, 0.05) is 18.6 Å². The van der Waals surface area contributed by atoms with Crippen molar-refractivity contribution in [3.63, 3.8) is 0 Å². The molecule has 0 radical (unpaired) electrons. The van der Waals surface area contributed by atoms with E-state index in [1.807, 2.05) is 7.05 Å². The number of hydrogen-bond donors (Lipinski definition) is 9. The SMILES string of the molecule is CNCc1ccc(CO[C@@H]2C[C@@]3(C)[C@H](CC[C@]4(C)[C@@H]3[C@H](CCC3(O)CCNCC3)C=C3[C@@H]5C[C@@](C)(CO)CC[C@]5(C(=O)O)CC[C@]34C)[C@](C)(CO)[C@@H]2O[C@@H]2OC[C@@H](O)[C@H](O)[C@H]2O)cc1. The Morgan fingerprint density at radius 2 is 1.58 bits per heavy atom. The molecule has 2 saturated heterocycles. The van der Waals surface area contributed by atoms with E-state index in [1.54, 1.807) is 0 Å². The molecule has 13 heteroatoms. The zero-order valence-electron chi connectivity index (χ0n) is 39.4. The van der Waals surface area contributed by atoms with Crippen molar-refractivity contribution in [3.8, 4) is 0 Å². The highest BCUT2D eigenvalue weighted by Gasteiger charge is 2.73. The molecule has 2 aliphatic heterocycles. The maximum absolute atomic E-state index is 13.6. The number of hydrogen-bond acceptors (Lipinski definition) is 12. The van der Waals surface area contributed by atoms with Gasteiger partial charge < -0.3 is 60.6 Å². The molecule has 6 fully saturated rings.